The molecule has 1 unspecified atom stereocenters. The van der Waals surface area contributed by atoms with E-state index in [1.54, 1.807) is 0 Å². The van der Waals surface area contributed by atoms with Gasteiger partial charge in [-0.15, -0.1) is 0 Å². The second-order valence-electron chi connectivity index (χ2n) is 6.33. The molecule has 0 aromatic heterocycles. The van der Waals surface area contributed by atoms with E-state index < -0.39 is 0 Å². The van der Waals surface area contributed by atoms with Crippen molar-refractivity contribution in [3.63, 3.8) is 0 Å². The van der Waals surface area contributed by atoms with E-state index in [9.17, 15) is 0 Å². The van der Waals surface area contributed by atoms with Gasteiger partial charge in [-0.2, -0.15) is 0 Å². The highest BCUT2D eigenvalue weighted by Crippen LogP contribution is 2.35. The Balaban J connectivity index is 1.62. The topological polar surface area (TPSA) is 30.5 Å². The first-order valence-corrected chi connectivity index (χ1v) is 8.43. The van der Waals surface area contributed by atoms with Gasteiger partial charge in [0, 0.05) is 6.04 Å². The summed E-state index contributed by atoms with van der Waals surface area (Å²) >= 11 is 0. The Morgan fingerprint density at radius 1 is 1.10 bits per heavy atom. The fraction of sp³-hybridized carbons (Fsp3) is 0.667. The van der Waals surface area contributed by atoms with Gasteiger partial charge in [0.05, 0.1) is 0 Å². The molecule has 116 valence electrons. The van der Waals surface area contributed by atoms with Crippen molar-refractivity contribution in [2.24, 2.45) is 5.92 Å². The Bertz CT molecular complexity index is 455. The van der Waals surface area contributed by atoms with Crippen molar-refractivity contribution in [1.82, 2.24) is 5.32 Å². The molecule has 3 nitrogen and oxygen atoms in total. The summed E-state index contributed by atoms with van der Waals surface area (Å²) in [5.41, 5.74) is 1.32. The summed E-state index contributed by atoms with van der Waals surface area (Å²) < 4.78 is 11.3. The summed E-state index contributed by atoms with van der Waals surface area (Å²) in [6.07, 6.45) is 9.70. The predicted octanol–water partition coefficient (Wildman–Crippen LogP) is 4.08. The number of rotatable bonds is 5. The smallest absolute Gasteiger partial charge is 0.161 e. The summed E-state index contributed by atoms with van der Waals surface area (Å²) in [7, 11) is 2.06. The molecular weight excluding hydrogens is 262 g/mol. The SMILES string of the molecule is CNC(CCC1CCCCC1)c1ccc2c(c1)OCCO2. The van der Waals surface area contributed by atoms with Crippen molar-refractivity contribution in [2.45, 2.75) is 51.0 Å². The molecule has 0 spiro atoms. The van der Waals surface area contributed by atoms with Crippen LogP contribution in [0.5, 0.6) is 11.5 Å². The number of ether oxygens (including phenoxy) is 2. The second kappa shape index (κ2) is 7.17. The monoisotopic (exact) mass is 289 g/mol. The maximum absolute atomic E-state index is 5.70. The third-order valence-corrected chi connectivity index (χ3v) is 4.91. The fourth-order valence-electron chi connectivity index (χ4n) is 3.63. The molecule has 1 aliphatic carbocycles. The number of nitrogens with one attached hydrogen (secondary N) is 1. The van der Waals surface area contributed by atoms with Gasteiger partial charge >= 0.3 is 0 Å². The van der Waals surface area contributed by atoms with Gasteiger partial charge < -0.3 is 14.8 Å². The lowest BCUT2D eigenvalue weighted by Crippen LogP contribution is -2.20. The van der Waals surface area contributed by atoms with Crippen molar-refractivity contribution in [3.05, 3.63) is 23.8 Å². The number of hydrogen-bond acceptors (Lipinski definition) is 3. The predicted molar refractivity (Wildman–Crippen MR) is 85.0 cm³/mol. The van der Waals surface area contributed by atoms with Crippen molar-refractivity contribution in [1.29, 1.82) is 0 Å². The molecule has 1 saturated carbocycles. The maximum Gasteiger partial charge on any atom is 0.161 e. The molecule has 0 bridgehead atoms. The average Bonchev–Trinajstić information content (AvgIpc) is 2.56. The van der Waals surface area contributed by atoms with Crippen LogP contribution in [0.25, 0.3) is 0 Å². The minimum Gasteiger partial charge on any atom is -0.486 e. The maximum atomic E-state index is 5.70. The molecule has 1 atom stereocenters. The molecule has 0 radical (unpaired) electrons. The first kappa shape index (κ1) is 14.7. The van der Waals surface area contributed by atoms with Gasteiger partial charge in [-0.3, -0.25) is 0 Å². The van der Waals surface area contributed by atoms with Gasteiger partial charge in [0.2, 0.25) is 0 Å². The minimum atomic E-state index is 0.419. The van der Waals surface area contributed by atoms with Crippen LogP contribution in [0.15, 0.2) is 18.2 Å². The van der Waals surface area contributed by atoms with Gasteiger partial charge in [-0.1, -0.05) is 38.2 Å². The molecule has 3 rings (SSSR count). The first-order chi connectivity index (χ1) is 10.4. The molecule has 2 aliphatic rings. The number of benzene rings is 1. The summed E-state index contributed by atoms with van der Waals surface area (Å²) in [4.78, 5) is 0. The van der Waals surface area contributed by atoms with Crippen LogP contribution < -0.4 is 14.8 Å². The van der Waals surface area contributed by atoms with Crippen molar-refractivity contribution >= 4 is 0 Å². The summed E-state index contributed by atoms with van der Waals surface area (Å²) in [5, 5.41) is 3.47. The largest absolute Gasteiger partial charge is 0.486 e. The van der Waals surface area contributed by atoms with Gasteiger partial charge in [-0.25, -0.2) is 0 Å². The van der Waals surface area contributed by atoms with E-state index in [0.717, 1.165) is 17.4 Å². The zero-order chi connectivity index (χ0) is 14.5. The highest BCUT2D eigenvalue weighted by Gasteiger charge is 2.19. The third kappa shape index (κ3) is 3.70. The third-order valence-electron chi connectivity index (χ3n) is 4.91. The Morgan fingerprint density at radius 3 is 2.62 bits per heavy atom. The molecule has 1 fully saturated rings. The first-order valence-electron chi connectivity index (χ1n) is 8.43. The Kier molecular flexibility index (Phi) is 5.02. The molecule has 21 heavy (non-hydrogen) atoms. The molecule has 0 amide bonds. The molecule has 0 saturated heterocycles. The van der Waals surface area contributed by atoms with Crippen LogP contribution >= 0.6 is 0 Å². The second-order valence-corrected chi connectivity index (χ2v) is 6.33. The fourth-order valence-corrected chi connectivity index (χ4v) is 3.63. The average molecular weight is 289 g/mol. The molecule has 1 aromatic carbocycles. The van der Waals surface area contributed by atoms with Crippen LogP contribution in [0, 0.1) is 5.92 Å². The van der Waals surface area contributed by atoms with E-state index in [2.05, 4.69) is 30.6 Å². The van der Waals surface area contributed by atoms with Gasteiger partial charge in [0.1, 0.15) is 13.2 Å². The summed E-state index contributed by atoms with van der Waals surface area (Å²) in [6.45, 7) is 1.31. The lowest BCUT2D eigenvalue weighted by Gasteiger charge is -2.25. The van der Waals surface area contributed by atoms with Crippen LogP contribution in [-0.4, -0.2) is 20.3 Å². The molecule has 3 heteroatoms. The number of fused-ring (bicyclic) bond motifs is 1. The lowest BCUT2D eigenvalue weighted by molar-refractivity contribution is 0.171. The molecule has 1 N–H and O–H groups in total. The molecule has 1 heterocycles. The molecular formula is C18H27NO2. The normalized spacial score (nSPS) is 20.2. The van der Waals surface area contributed by atoms with Crippen molar-refractivity contribution < 1.29 is 9.47 Å². The van der Waals surface area contributed by atoms with Crippen LogP contribution in [0.4, 0.5) is 0 Å². The van der Waals surface area contributed by atoms with Crippen LogP contribution in [0.1, 0.15) is 56.6 Å². The van der Waals surface area contributed by atoms with Crippen molar-refractivity contribution in [3.8, 4) is 11.5 Å². The van der Waals surface area contributed by atoms with E-state index in [-0.39, 0.29) is 0 Å². The van der Waals surface area contributed by atoms with E-state index in [4.69, 9.17) is 9.47 Å². The minimum absolute atomic E-state index is 0.419. The Labute approximate surface area is 128 Å². The van der Waals surface area contributed by atoms with Gasteiger partial charge in [0.15, 0.2) is 11.5 Å². The van der Waals surface area contributed by atoms with E-state index >= 15 is 0 Å². The van der Waals surface area contributed by atoms with E-state index in [1.165, 1.54) is 50.5 Å². The van der Waals surface area contributed by atoms with Crippen LogP contribution in [-0.2, 0) is 0 Å². The Hall–Kier alpha value is -1.22. The highest BCUT2D eigenvalue weighted by atomic mass is 16.6. The Morgan fingerprint density at radius 2 is 1.86 bits per heavy atom. The molecule has 1 aromatic rings. The van der Waals surface area contributed by atoms with Gasteiger partial charge in [0.25, 0.3) is 0 Å². The zero-order valence-corrected chi connectivity index (χ0v) is 13.1. The van der Waals surface area contributed by atoms with Crippen LogP contribution in [0.2, 0.25) is 0 Å². The van der Waals surface area contributed by atoms with E-state index in [1.807, 2.05) is 0 Å². The summed E-state index contributed by atoms with van der Waals surface area (Å²) in [6, 6.07) is 6.80. The standard InChI is InChI=1S/C18H27NO2/c1-19-16(9-7-14-5-3-2-4-6-14)15-8-10-17-18(13-15)21-12-11-20-17/h8,10,13-14,16,19H,2-7,9,11-12H2,1H3. The summed E-state index contributed by atoms with van der Waals surface area (Å²) in [5.74, 6) is 2.72. The van der Waals surface area contributed by atoms with Crippen molar-refractivity contribution in [2.75, 3.05) is 20.3 Å². The van der Waals surface area contributed by atoms with Crippen LogP contribution in [0.3, 0.4) is 0 Å². The number of hydrogen-bond donors (Lipinski definition) is 1. The zero-order valence-electron chi connectivity index (χ0n) is 13.1. The molecule has 1 aliphatic heterocycles. The highest BCUT2D eigenvalue weighted by molar-refractivity contribution is 5.44. The lowest BCUT2D eigenvalue weighted by atomic mass is 9.84. The van der Waals surface area contributed by atoms with Gasteiger partial charge in [-0.05, 0) is 43.5 Å². The van der Waals surface area contributed by atoms with E-state index in [0.29, 0.717) is 19.3 Å². The quantitative estimate of drug-likeness (QED) is 0.886.